The second-order valence-electron chi connectivity index (χ2n) is 3.43. The topological polar surface area (TPSA) is 39.2 Å². The first kappa shape index (κ1) is 11.8. The third kappa shape index (κ3) is 2.71. The average molecular weight is 292 g/mol. The molecule has 0 bridgehead atoms. The summed E-state index contributed by atoms with van der Waals surface area (Å²) in [5, 5.41) is 0. The van der Waals surface area contributed by atoms with Gasteiger partial charge in [-0.3, -0.25) is 0 Å². The van der Waals surface area contributed by atoms with E-state index in [2.05, 4.69) is 25.7 Å². The van der Waals surface area contributed by atoms with E-state index >= 15 is 0 Å². The third-order valence-electron chi connectivity index (χ3n) is 2.33. The maximum atomic E-state index is 11.4. The highest BCUT2D eigenvalue weighted by molar-refractivity contribution is 9.10. The number of methoxy groups -OCH3 is 1. The molecular weight excluding hydrogens is 282 g/mol. The highest BCUT2D eigenvalue weighted by atomic mass is 79.9. The first-order valence-electron chi connectivity index (χ1n) is 5.01. The molecule has 1 aromatic carbocycles. The Balaban J connectivity index is 2.39. The number of rotatable bonds is 2. The van der Waals surface area contributed by atoms with Gasteiger partial charge in [-0.2, -0.15) is 0 Å². The van der Waals surface area contributed by atoms with Crippen LogP contribution in [0.4, 0.5) is 0 Å². The summed E-state index contributed by atoms with van der Waals surface area (Å²) in [6.45, 7) is 0. The average Bonchev–Trinajstić information content (AvgIpc) is 2.39. The number of hydrogen-bond donors (Lipinski definition) is 0. The van der Waals surface area contributed by atoms with Crippen LogP contribution in [0.3, 0.4) is 0 Å². The Kier molecular flexibility index (Phi) is 3.54. The largest absolute Gasteiger partial charge is 0.464 e. The van der Waals surface area contributed by atoms with E-state index in [1.165, 1.54) is 7.11 Å². The molecule has 0 aliphatic heterocycles. The van der Waals surface area contributed by atoms with Gasteiger partial charge in [0.25, 0.3) is 0 Å². The van der Waals surface area contributed by atoms with Crippen molar-refractivity contribution in [1.82, 2.24) is 4.98 Å². The molecule has 0 aliphatic carbocycles. The SMILES string of the molecule is COC(=O)c1cc(-c2ccc(Br)cc2)ccn1. The van der Waals surface area contributed by atoms with Crippen LogP contribution >= 0.6 is 15.9 Å². The highest BCUT2D eigenvalue weighted by Gasteiger charge is 2.08. The van der Waals surface area contributed by atoms with Crippen molar-refractivity contribution in [3.8, 4) is 11.1 Å². The van der Waals surface area contributed by atoms with Crippen LogP contribution in [-0.2, 0) is 4.74 Å². The fraction of sp³-hybridized carbons (Fsp3) is 0.0769. The van der Waals surface area contributed by atoms with Gasteiger partial charge < -0.3 is 4.74 Å². The number of nitrogens with zero attached hydrogens (tertiary/aromatic N) is 1. The minimum absolute atomic E-state index is 0.313. The van der Waals surface area contributed by atoms with Crippen molar-refractivity contribution in [3.63, 3.8) is 0 Å². The number of halogens is 1. The fourth-order valence-electron chi connectivity index (χ4n) is 1.47. The molecule has 0 fully saturated rings. The van der Waals surface area contributed by atoms with Gasteiger partial charge in [-0.25, -0.2) is 9.78 Å². The van der Waals surface area contributed by atoms with Gasteiger partial charge in [0.1, 0.15) is 5.69 Å². The molecule has 4 heteroatoms. The van der Waals surface area contributed by atoms with Crippen molar-refractivity contribution in [2.24, 2.45) is 0 Å². The fourth-order valence-corrected chi connectivity index (χ4v) is 1.73. The molecule has 0 atom stereocenters. The van der Waals surface area contributed by atoms with Gasteiger partial charge in [0.05, 0.1) is 7.11 Å². The minimum atomic E-state index is -0.427. The number of hydrogen-bond acceptors (Lipinski definition) is 3. The number of aromatic nitrogens is 1. The molecule has 0 aliphatic rings. The van der Waals surface area contributed by atoms with Gasteiger partial charge in [0, 0.05) is 10.7 Å². The summed E-state index contributed by atoms with van der Waals surface area (Å²) in [7, 11) is 1.34. The number of ether oxygens (including phenoxy) is 1. The van der Waals surface area contributed by atoms with Crippen molar-refractivity contribution in [1.29, 1.82) is 0 Å². The van der Waals surface area contributed by atoms with E-state index in [0.717, 1.165) is 15.6 Å². The van der Waals surface area contributed by atoms with Gasteiger partial charge in [0.15, 0.2) is 0 Å². The molecule has 0 amide bonds. The summed E-state index contributed by atoms with van der Waals surface area (Å²) in [5.41, 5.74) is 2.28. The molecule has 0 saturated heterocycles. The van der Waals surface area contributed by atoms with Crippen LogP contribution in [0, 0.1) is 0 Å². The van der Waals surface area contributed by atoms with E-state index in [1.54, 1.807) is 12.3 Å². The Bertz CT molecular complexity index is 537. The molecule has 1 aromatic heterocycles. The van der Waals surface area contributed by atoms with Crippen LogP contribution in [-0.4, -0.2) is 18.1 Å². The Morgan fingerprint density at radius 3 is 2.53 bits per heavy atom. The standard InChI is InChI=1S/C13H10BrNO2/c1-17-13(16)12-8-10(6-7-15-12)9-2-4-11(14)5-3-9/h2-8H,1H3. The molecule has 17 heavy (non-hydrogen) atoms. The monoisotopic (exact) mass is 291 g/mol. The number of carbonyl (C=O) groups is 1. The van der Waals surface area contributed by atoms with Crippen molar-refractivity contribution < 1.29 is 9.53 Å². The van der Waals surface area contributed by atoms with Gasteiger partial charge in [0.2, 0.25) is 0 Å². The first-order valence-corrected chi connectivity index (χ1v) is 5.80. The lowest BCUT2D eigenvalue weighted by atomic mass is 10.1. The van der Waals surface area contributed by atoms with Gasteiger partial charge in [-0.1, -0.05) is 28.1 Å². The van der Waals surface area contributed by atoms with E-state index in [1.807, 2.05) is 30.3 Å². The minimum Gasteiger partial charge on any atom is -0.464 e. The lowest BCUT2D eigenvalue weighted by Gasteiger charge is -2.03. The van der Waals surface area contributed by atoms with E-state index in [4.69, 9.17) is 0 Å². The number of pyridine rings is 1. The summed E-state index contributed by atoms with van der Waals surface area (Å²) >= 11 is 3.38. The van der Waals surface area contributed by atoms with Gasteiger partial charge in [-0.05, 0) is 35.4 Å². The second-order valence-corrected chi connectivity index (χ2v) is 4.34. The maximum absolute atomic E-state index is 11.4. The molecule has 0 saturated carbocycles. The van der Waals surface area contributed by atoms with Crippen LogP contribution in [0.2, 0.25) is 0 Å². The summed E-state index contributed by atoms with van der Waals surface area (Å²) < 4.78 is 5.65. The third-order valence-corrected chi connectivity index (χ3v) is 2.86. The van der Waals surface area contributed by atoms with Crippen LogP contribution < -0.4 is 0 Å². The summed E-state index contributed by atoms with van der Waals surface area (Å²) in [5.74, 6) is -0.427. The van der Waals surface area contributed by atoms with E-state index < -0.39 is 5.97 Å². The number of carbonyl (C=O) groups excluding carboxylic acids is 1. The highest BCUT2D eigenvalue weighted by Crippen LogP contribution is 2.21. The van der Waals surface area contributed by atoms with Crippen molar-refractivity contribution in [3.05, 3.63) is 52.8 Å². The van der Waals surface area contributed by atoms with Gasteiger partial charge >= 0.3 is 5.97 Å². The number of esters is 1. The van der Waals surface area contributed by atoms with E-state index in [0.29, 0.717) is 5.69 Å². The molecule has 86 valence electrons. The van der Waals surface area contributed by atoms with E-state index in [9.17, 15) is 4.79 Å². The smallest absolute Gasteiger partial charge is 0.356 e. The molecule has 0 unspecified atom stereocenters. The van der Waals surface area contributed by atoms with Crippen LogP contribution in [0.25, 0.3) is 11.1 Å². The summed E-state index contributed by atoms with van der Waals surface area (Å²) in [6.07, 6.45) is 1.60. The van der Waals surface area contributed by atoms with Crippen molar-refractivity contribution in [2.45, 2.75) is 0 Å². The van der Waals surface area contributed by atoms with E-state index in [-0.39, 0.29) is 0 Å². The molecule has 2 aromatic rings. The molecule has 2 rings (SSSR count). The summed E-state index contributed by atoms with van der Waals surface area (Å²) in [6, 6.07) is 11.4. The zero-order valence-corrected chi connectivity index (χ0v) is 10.8. The lowest BCUT2D eigenvalue weighted by Crippen LogP contribution is -2.03. The van der Waals surface area contributed by atoms with Crippen LogP contribution in [0.5, 0.6) is 0 Å². The zero-order chi connectivity index (χ0) is 12.3. The second kappa shape index (κ2) is 5.10. The molecular formula is C13H10BrNO2. The maximum Gasteiger partial charge on any atom is 0.356 e. The van der Waals surface area contributed by atoms with Gasteiger partial charge in [-0.15, -0.1) is 0 Å². The Morgan fingerprint density at radius 1 is 1.18 bits per heavy atom. The lowest BCUT2D eigenvalue weighted by molar-refractivity contribution is 0.0594. The Labute approximate surface area is 108 Å². The molecule has 3 nitrogen and oxygen atoms in total. The first-order chi connectivity index (χ1) is 8.20. The Morgan fingerprint density at radius 2 is 1.88 bits per heavy atom. The Hall–Kier alpha value is -1.68. The normalized spacial score (nSPS) is 10.0. The molecule has 0 radical (unpaired) electrons. The van der Waals surface area contributed by atoms with Crippen molar-refractivity contribution in [2.75, 3.05) is 7.11 Å². The molecule has 0 N–H and O–H groups in total. The molecule has 0 spiro atoms. The van der Waals surface area contributed by atoms with Crippen LogP contribution in [0.1, 0.15) is 10.5 Å². The zero-order valence-electron chi connectivity index (χ0n) is 9.18. The predicted molar refractivity (Wildman–Crippen MR) is 68.7 cm³/mol. The molecule has 1 heterocycles. The predicted octanol–water partition coefficient (Wildman–Crippen LogP) is 3.30. The number of benzene rings is 1. The summed E-state index contributed by atoms with van der Waals surface area (Å²) in [4.78, 5) is 15.3. The quantitative estimate of drug-likeness (QED) is 0.797. The van der Waals surface area contributed by atoms with Crippen LogP contribution in [0.15, 0.2) is 47.1 Å². The van der Waals surface area contributed by atoms with Crippen molar-refractivity contribution >= 4 is 21.9 Å².